The Morgan fingerprint density at radius 1 is 1.36 bits per heavy atom. The van der Waals surface area contributed by atoms with E-state index in [-0.39, 0.29) is 4.75 Å². The number of nitrogens with one attached hydrogen (secondary N) is 1. The van der Waals surface area contributed by atoms with Crippen LogP contribution in [-0.4, -0.2) is 61.3 Å². The van der Waals surface area contributed by atoms with Crippen molar-refractivity contribution in [3.63, 3.8) is 0 Å². The SMILES string of the molecule is CCNC(=NCc1cccc(OCCOC)c1)N1CCSC(C)(C)C1. The highest BCUT2D eigenvalue weighted by Crippen LogP contribution is 2.29. The van der Waals surface area contributed by atoms with Gasteiger partial charge in [0.1, 0.15) is 12.4 Å². The zero-order valence-corrected chi connectivity index (χ0v) is 16.7. The minimum absolute atomic E-state index is 0.267. The molecule has 140 valence electrons. The van der Waals surface area contributed by atoms with Crippen LogP contribution in [0.1, 0.15) is 26.3 Å². The summed E-state index contributed by atoms with van der Waals surface area (Å²) < 4.78 is 11.0. The van der Waals surface area contributed by atoms with Crippen molar-refractivity contribution < 1.29 is 9.47 Å². The predicted octanol–water partition coefficient (Wildman–Crippen LogP) is 3.00. The third-order valence-electron chi connectivity index (χ3n) is 3.93. The molecule has 0 amide bonds. The average Bonchev–Trinajstić information content (AvgIpc) is 2.58. The Morgan fingerprint density at radius 3 is 2.92 bits per heavy atom. The van der Waals surface area contributed by atoms with Crippen molar-refractivity contribution in [2.24, 2.45) is 4.99 Å². The van der Waals surface area contributed by atoms with Gasteiger partial charge in [0.25, 0.3) is 0 Å². The molecule has 1 fully saturated rings. The van der Waals surface area contributed by atoms with E-state index in [9.17, 15) is 0 Å². The average molecular weight is 366 g/mol. The lowest BCUT2D eigenvalue weighted by Crippen LogP contribution is -2.50. The largest absolute Gasteiger partial charge is 0.491 e. The summed E-state index contributed by atoms with van der Waals surface area (Å²) in [6.07, 6.45) is 0. The first kappa shape index (κ1) is 19.9. The number of hydrogen-bond acceptors (Lipinski definition) is 4. The van der Waals surface area contributed by atoms with Crippen molar-refractivity contribution in [1.82, 2.24) is 10.2 Å². The van der Waals surface area contributed by atoms with Crippen molar-refractivity contribution in [2.45, 2.75) is 32.1 Å². The van der Waals surface area contributed by atoms with Crippen LogP contribution in [0.5, 0.6) is 5.75 Å². The Morgan fingerprint density at radius 2 is 2.20 bits per heavy atom. The molecule has 0 aliphatic carbocycles. The fourth-order valence-corrected chi connectivity index (χ4v) is 3.88. The maximum absolute atomic E-state index is 5.68. The molecule has 0 radical (unpaired) electrons. The summed E-state index contributed by atoms with van der Waals surface area (Å²) in [4.78, 5) is 7.23. The third kappa shape index (κ3) is 6.78. The standard InChI is InChI=1S/C19H31N3O2S/c1-5-20-18(22-9-12-25-19(2,3)15-22)21-14-16-7-6-8-17(13-16)24-11-10-23-4/h6-8,13H,5,9-12,14-15H2,1-4H3,(H,20,21). The lowest BCUT2D eigenvalue weighted by molar-refractivity contribution is 0.146. The number of aliphatic imine (C=N–C) groups is 1. The summed E-state index contributed by atoms with van der Waals surface area (Å²) in [6.45, 7) is 11.5. The number of nitrogens with zero attached hydrogens (tertiary/aromatic N) is 2. The molecule has 0 spiro atoms. The van der Waals surface area contributed by atoms with Crippen LogP contribution >= 0.6 is 11.8 Å². The molecule has 1 aliphatic heterocycles. The minimum atomic E-state index is 0.267. The second kappa shape index (κ2) is 9.92. The minimum Gasteiger partial charge on any atom is -0.491 e. The first-order valence-electron chi connectivity index (χ1n) is 8.92. The van der Waals surface area contributed by atoms with E-state index in [1.165, 1.54) is 0 Å². The van der Waals surface area contributed by atoms with Gasteiger partial charge in [-0.2, -0.15) is 11.8 Å². The molecule has 1 saturated heterocycles. The van der Waals surface area contributed by atoms with Gasteiger partial charge in [-0.15, -0.1) is 0 Å². The summed E-state index contributed by atoms with van der Waals surface area (Å²) in [5.74, 6) is 3.01. The van der Waals surface area contributed by atoms with Crippen LogP contribution in [0, 0.1) is 0 Å². The Labute approximate surface area is 156 Å². The lowest BCUT2D eigenvalue weighted by atomic mass is 10.2. The maximum Gasteiger partial charge on any atom is 0.194 e. The Hall–Kier alpha value is -1.40. The van der Waals surface area contributed by atoms with E-state index < -0.39 is 0 Å². The lowest BCUT2D eigenvalue weighted by Gasteiger charge is -2.39. The van der Waals surface area contributed by atoms with Crippen LogP contribution in [0.3, 0.4) is 0 Å². The van der Waals surface area contributed by atoms with Gasteiger partial charge in [-0.05, 0) is 38.5 Å². The number of guanidine groups is 1. The Balaban J connectivity index is 2.02. The molecule has 6 heteroatoms. The Bertz CT molecular complexity index is 563. The highest BCUT2D eigenvalue weighted by atomic mass is 32.2. The molecule has 1 heterocycles. The van der Waals surface area contributed by atoms with Gasteiger partial charge >= 0.3 is 0 Å². The molecule has 1 aromatic rings. The fraction of sp³-hybridized carbons (Fsp3) is 0.632. The summed E-state index contributed by atoms with van der Waals surface area (Å²) in [7, 11) is 1.68. The zero-order valence-electron chi connectivity index (χ0n) is 15.9. The van der Waals surface area contributed by atoms with Crippen molar-refractivity contribution in [3.05, 3.63) is 29.8 Å². The quantitative estimate of drug-likeness (QED) is 0.457. The number of rotatable bonds is 7. The van der Waals surface area contributed by atoms with Gasteiger partial charge in [0.15, 0.2) is 5.96 Å². The van der Waals surface area contributed by atoms with Crippen LogP contribution < -0.4 is 10.1 Å². The van der Waals surface area contributed by atoms with E-state index in [1.54, 1.807) is 7.11 Å². The highest BCUT2D eigenvalue weighted by Gasteiger charge is 2.28. The van der Waals surface area contributed by atoms with Crippen LogP contribution in [0.4, 0.5) is 0 Å². The number of methoxy groups -OCH3 is 1. The van der Waals surface area contributed by atoms with Gasteiger partial charge in [-0.1, -0.05) is 12.1 Å². The molecule has 0 unspecified atom stereocenters. The van der Waals surface area contributed by atoms with Gasteiger partial charge in [0.05, 0.1) is 13.2 Å². The second-order valence-corrected chi connectivity index (χ2v) is 8.49. The van der Waals surface area contributed by atoms with E-state index in [1.807, 2.05) is 23.9 Å². The second-order valence-electron chi connectivity index (χ2n) is 6.69. The first-order valence-corrected chi connectivity index (χ1v) is 9.90. The maximum atomic E-state index is 5.68. The molecular weight excluding hydrogens is 334 g/mol. The van der Waals surface area contributed by atoms with Gasteiger partial charge in [0, 0.05) is 37.2 Å². The van der Waals surface area contributed by atoms with Crippen LogP contribution in [0.25, 0.3) is 0 Å². The molecular formula is C19H31N3O2S. The molecule has 1 N–H and O–H groups in total. The van der Waals surface area contributed by atoms with E-state index in [0.717, 1.165) is 42.7 Å². The van der Waals surface area contributed by atoms with Crippen molar-refractivity contribution in [2.75, 3.05) is 45.7 Å². The molecule has 0 atom stereocenters. The predicted molar refractivity (Wildman–Crippen MR) is 107 cm³/mol. The first-order chi connectivity index (χ1) is 12.0. The summed E-state index contributed by atoms with van der Waals surface area (Å²) in [5.41, 5.74) is 1.15. The van der Waals surface area contributed by atoms with Crippen LogP contribution in [0.15, 0.2) is 29.3 Å². The normalized spacial score (nSPS) is 17.4. The summed E-state index contributed by atoms with van der Waals surface area (Å²) in [5, 5.41) is 3.44. The number of ether oxygens (including phenoxy) is 2. The van der Waals surface area contributed by atoms with E-state index >= 15 is 0 Å². The van der Waals surface area contributed by atoms with E-state index in [0.29, 0.717) is 19.8 Å². The smallest absolute Gasteiger partial charge is 0.194 e. The molecule has 25 heavy (non-hydrogen) atoms. The van der Waals surface area contributed by atoms with Crippen LogP contribution in [0.2, 0.25) is 0 Å². The summed E-state index contributed by atoms with van der Waals surface area (Å²) >= 11 is 2.03. The van der Waals surface area contributed by atoms with Crippen molar-refractivity contribution in [1.29, 1.82) is 0 Å². The molecule has 2 rings (SSSR count). The number of thioether (sulfide) groups is 1. The molecule has 0 aromatic heterocycles. The van der Waals surface area contributed by atoms with Crippen LogP contribution in [-0.2, 0) is 11.3 Å². The van der Waals surface area contributed by atoms with Gasteiger partial charge in [-0.3, -0.25) is 0 Å². The zero-order chi connectivity index (χ0) is 18.1. The number of hydrogen-bond donors (Lipinski definition) is 1. The highest BCUT2D eigenvalue weighted by molar-refractivity contribution is 8.00. The van der Waals surface area contributed by atoms with Gasteiger partial charge in [-0.25, -0.2) is 4.99 Å². The molecule has 0 saturated carbocycles. The monoisotopic (exact) mass is 365 g/mol. The van der Waals surface area contributed by atoms with E-state index in [4.69, 9.17) is 14.5 Å². The van der Waals surface area contributed by atoms with E-state index in [2.05, 4.69) is 43.1 Å². The molecule has 0 bridgehead atoms. The molecule has 5 nitrogen and oxygen atoms in total. The summed E-state index contributed by atoms with van der Waals surface area (Å²) in [6, 6.07) is 8.13. The topological polar surface area (TPSA) is 46.1 Å². The third-order valence-corrected chi connectivity index (χ3v) is 5.22. The van der Waals surface area contributed by atoms with Crippen molar-refractivity contribution in [3.8, 4) is 5.75 Å². The molecule has 1 aliphatic rings. The van der Waals surface area contributed by atoms with Crippen molar-refractivity contribution >= 4 is 17.7 Å². The van der Waals surface area contributed by atoms with Gasteiger partial charge < -0.3 is 19.7 Å². The van der Waals surface area contributed by atoms with Gasteiger partial charge in [0.2, 0.25) is 0 Å². The fourth-order valence-electron chi connectivity index (χ4n) is 2.77. The number of benzene rings is 1. The molecule has 1 aromatic carbocycles. The Kier molecular flexibility index (Phi) is 7.90.